The average Bonchev–Trinajstić information content (AvgIpc) is 2.74. The van der Waals surface area contributed by atoms with Crippen LogP contribution < -0.4 is 14.8 Å². The smallest absolute Gasteiger partial charge is 0.244 e. The maximum Gasteiger partial charge on any atom is 0.244 e. The van der Waals surface area contributed by atoms with E-state index in [0.717, 1.165) is 54.0 Å². The zero-order chi connectivity index (χ0) is 20.6. The minimum absolute atomic E-state index is 0.0710. The fraction of sp³-hybridized carbons (Fsp3) is 0.348. The van der Waals surface area contributed by atoms with Gasteiger partial charge in [-0.2, -0.15) is 0 Å². The fourth-order valence-corrected chi connectivity index (χ4v) is 3.89. The van der Waals surface area contributed by atoms with Crippen molar-refractivity contribution in [1.82, 2.24) is 10.2 Å². The minimum Gasteiger partial charge on any atom is -0.497 e. The van der Waals surface area contributed by atoms with Gasteiger partial charge in [0.15, 0.2) is 0 Å². The van der Waals surface area contributed by atoms with Crippen LogP contribution in [0.1, 0.15) is 24.0 Å². The van der Waals surface area contributed by atoms with Crippen LogP contribution in [0.2, 0.25) is 0 Å². The summed E-state index contributed by atoms with van der Waals surface area (Å²) in [4.78, 5) is 14.8. The summed E-state index contributed by atoms with van der Waals surface area (Å²) in [7, 11) is 3.31. The van der Waals surface area contributed by atoms with Crippen LogP contribution in [0.15, 0.2) is 53.0 Å². The standard InChI is InChI=1S/C23H27BrN2O3/c1-28-21-5-3-4-17(14-21)16-26-12-10-20(11-13-26)25-23(27)9-6-18-15-19(24)7-8-22(18)29-2/h3-9,14-15,20H,10-13,16H2,1-2H3,(H,25,27). The first kappa shape index (κ1) is 21.4. The highest BCUT2D eigenvalue weighted by Crippen LogP contribution is 2.24. The van der Waals surface area contributed by atoms with Gasteiger partial charge in [0.25, 0.3) is 0 Å². The molecule has 154 valence electrons. The molecule has 0 atom stereocenters. The molecule has 29 heavy (non-hydrogen) atoms. The molecule has 0 unspecified atom stereocenters. The first-order valence-electron chi connectivity index (χ1n) is 9.75. The first-order valence-corrected chi connectivity index (χ1v) is 10.5. The Morgan fingerprint density at radius 1 is 1.17 bits per heavy atom. The van der Waals surface area contributed by atoms with Crippen LogP contribution in [0.3, 0.4) is 0 Å². The van der Waals surface area contributed by atoms with Gasteiger partial charge in [0, 0.05) is 41.8 Å². The van der Waals surface area contributed by atoms with Gasteiger partial charge in [0.2, 0.25) is 5.91 Å². The highest BCUT2D eigenvalue weighted by atomic mass is 79.9. The van der Waals surface area contributed by atoms with E-state index < -0.39 is 0 Å². The Kier molecular flexibility index (Phi) is 7.72. The van der Waals surface area contributed by atoms with Crippen molar-refractivity contribution in [2.75, 3.05) is 27.3 Å². The Morgan fingerprint density at radius 2 is 1.97 bits per heavy atom. The molecule has 1 heterocycles. The number of nitrogens with zero attached hydrogens (tertiary/aromatic N) is 1. The van der Waals surface area contributed by atoms with E-state index in [4.69, 9.17) is 9.47 Å². The number of carbonyl (C=O) groups is 1. The molecule has 1 saturated heterocycles. The molecule has 0 aliphatic carbocycles. The monoisotopic (exact) mass is 458 g/mol. The molecule has 1 amide bonds. The summed E-state index contributed by atoms with van der Waals surface area (Å²) in [5.74, 6) is 1.56. The molecule has 0 radical (unpaired) electrons. The quantitative estimate of drug-likeness (QED) is 0.629. The lowest BCUT2D eigenvalue weighted by Crippen LogP contribution is -2.43. The molecule has 2 aromatic rings. The number of rotatable bonds is 7. The van der Waals surface area contributed by atoms with Gasteiger partial charge in [-0.3, -0.25) is 9.69 Å². The molecule has 3 rings (SSSR count). The molecule has 1 fully saturated rings. The Morgan fingerprint density at radius 3 is 2.69 bits per heavy atom. The molecule has 0 saturated carbocycles. The molecule has 0 bridgehead atoms. The lowest BCUT2D eigenvalue weighted by Gasteiger charge is -2.32. The molecule has 2 aromatic carbocycles. The number of methoxy groups -OCH3 is 2. The van der Waals surface area contributed by atoms with Gasteiger partial charge in [0.05, 0.1) is 14.2 Å². The van der Waals surface area contributed by atoms with Gasteiger partial charge >= 0.3 is 0 Å². The van der Waals surface area contributed by atoms with Gasteiger partial charge in [-0.05, 0) is 54.8 Å². The van der Waals surface area contributed by atoms with E-state index in [-0.39, 0.29) is 11.9 Å². The zero-order valence-electron chi connectivity index (χ0n) is 16.9. The second-order valence-electron chi connectivity index (χ2n) is 7.13. The molecule has 0 aromatic heterocycles. The van der Waals surface area contributed by atoms with Gasteiger partial charge < -0.3 is 14.8 Å². The maximum atomic E-state index is 12.3. The van der Waals surface area contributed by atoms with Crippen LogP contribution in [-0.4, -0.2) is 44.2 Å². The molecule has 1 aliphatic heterocycles. The predicted octanol–water partition coefficient (Wildman–Crippen LogP) is 4.26. The van der Waals surface area contributed by atoms with Crippen LogP contribution in [0.5, 0.6) is 11.5 Å². The van der Waals surface area contributed by atoms with E-state index in [0.29, 0.717) is 0 Å². The number of carbonyl (C=O) groups excluding carboxylic acids is 1. The van der Waals surface area contributed by atoms with Crippen LogP contribution >= 0.6 is 15.9 Å². The van der Waals surface area contributed by atoms with Gasteiger partial charge in [-0.1, -0.05) is 28.1 Å². The van der Waals surface area contributed by atoms with Crippen LogP contribution in [0.25, 0.3) is 6.08 Å². The van der Waals surface area contributed by atoms with E-state index in [1.54, 1.807) is 26.4 Å². The van der Waals surface area contributed by atoms with Crippen LogP contribution in [-0.2, 0) is 11.3 Å². The normalized spacial score (nSPS) is 15.4. The Labute approximate surface area is 180 Å². The van der Waals surface area contributed by atoms with Crippen molar-refractivity contribution in [2.24, 2.45) is 0 Å². The summed E-state index contributed by atoms with van der Waals surface area (Å²) in [6.45, 7) is 2.83. The number of nitrogens with one attached hydrogen (secondary N) is 1. The number of amides is 1. The summed E-state index contributed by atoms with van der Waals surface area (Å²) in [6, 6.07) is 14.1. The summed E-state index contributed by atoms with van der Waals surface area (Å²) in [6.07, 6.45) is 5.26. The van der Waals surface area contributed by atoms with E-state index in [2.05, 4.69) is 38.3 Å². The first-order chi connectivity index (χ1) is 14.1. The largest absolute Gasteiger partial charge is 0.497 e. The number of halogens is 1. The number of benzene rings is 2. The van der Waals surface area contributed by atoms with Gasteiger partial charge in [-0.15, -0.1) is 0 Å². The number of hydrogen-bond donors (Lipinski definition) is 1. The van der Waals surface area contributed by atoms with Gasteiger partial charge in [-0.25, -0.2) is 0 Å². The number of hydrogen-bond acceptors (Lipinski definition) is 4. The Bertz CT molecular complexity index is 861. The molecule has 0 spiro atoms. The van der Waals surface area contributed by atoms with E-state index in [1.807, 2.05) is 30.3 Å². The third-order valence-corrected chi connectivity index (χ3v) is 5.57. The molecular formula is C23H27BrN2O3. The van der Waals surface area contributed by atoms with Crippen molar-refractivity contribution >= 4 is 27.9 Å². The number of piperidine rings is 1. The van der Waals surface area contributed by atoms with Crippen molar-refractivity contribution < 1.29 is 14.3 Å². The number of ether oxygens (including phenoxy) is 2. The topological polar surface area (TPSA) is 50.8 Å². The van der Waals surface area contributed by atoms with E-state index in [1.165, 1.54) is 5.56 Å². The van der Waals surface area contributed by atoms with E-state index >= 15 is 0 Å². The minimum atomic E-state index is -0.0710. The summed E-state index contributed by atoms with van der Waals surface area (Å²) >= 11 is 3.45. The van der Waals surface area contributed by atoms with Crippen molar-refractivity contribution in [3.8, 4) is 11.5 Å². The van der Waals surface area contributed by atoms with Crippen molar-refractivity contribution in [2.45, 2.75) is 25.4 Å². The molecular weight excluding hydrogens is 432 g/mol. The Hall–Kier alpha value is -2.31. The third kappa shape index (κ3) is 6.34. The molecule has 1 aliphatic rings. The molecule has 1 N–H and O–H groups in total. The highest BCUT2D eigenvalue weighted by Gasteiger charge is 2.20. The highest BCUT2D eigenvalue weighted by molar-refractivity contribution is 9.10. The summed E-state index contributed by atoms with van der Waals surface area (Å²) in [5, 5.41) is 3.12. The van der Waals surface area contributed by atoms with Crippen molar-refractivity contribution in [3.05, 3.63) is 64.1 Å². The van der Waals surface area contributed by atoms with Crippen LogP contribution in [0.4, 0.5) is 0 Å². The fourth-order valence-electron chi connectivity index (χ4n) is 3.51. The molecule has 6 heteroatoms. The zero-order valence-corrected chi connectivity index (χ0v) is 18.4. The van der Waals surface area contributed by atoms with E-state index in [9.17, 15) is 4.79 Å². The van der Waals surface area contributed by atoms with Crippen molar-refractivity contribution in [1.29, 1.82) is 0 Å². The second kappa shape index (κ2) is 10.5. The van der Waals surface area contributed by atoms with Gasteiger partial charge in [0.1, 0.15) is 11.5 Å². The summed E-state index contributed by atoms with van der Waals surface area (Å²) in [5.41, 5.74) is 2.11. The lowest BCUT2D eigenvalue weighted by atomic mass is 10.0. The SMILES string of the molecule is COc1cccc(CN2CCC(NC(=O)C=Cc3cc(Br)ccc3OC)CC2)c1. The lowest BCUT2D eigenvalue weighted by molar-refractivity contribution is -0.117. The predicted molar refractivity (Wildman–Crippen MR) is 119 cm³/mol. The Balaban J connectivity index is 1.48. The molecule has 5 nitrogen and oxygen atoms in total. The average molecular weight is 459 g/mol. The van der Waals surface area contributed by atoms with Crippen molar-refractivity contribution in [3.63, 3.8) is 0 Å². The third-order valence-electron chi connectivity index (χ3n) is 5.08. The summed E-state index contributed by atoms with van der Waals surface area (Å²) < 4.78 is 11.6. The number of likely N-dealkylation sites (tertiary alicyclic amines) is 1. The van der Waals surface area contributed by atoms with Crippen LogP contribution in [0, 0.1) is 0 Å². The second-order valence-corrected chi connectivity index (χ2v) is 8.05. The maximum absolute atomic E-state index is 12.3.